The number of likely N-dealkylation sites (tertiary alicyclic amines) is 1. The van der Waals surface area contributed by atoms with E-state index in [1.807, 2.05) is 6.92 Å². The Kier molecular flexibility index (Phi) is 7.82. The van der Waals surface area contributed by atoms with Crippen molar-refractivity contribution in [1.82, 2.24) is 4.90 Å². The fourth-order valence-electron chi connectivity index (χ4n) is 12.4. The van der Waals surface area contributed by atoms with Crippen molar-refractivity contribution < 1.29 is 24.2 Å². The van der Waals surface area contributed by atoms with E-state index < -0.39 is 22.9 Å². The van der Waals surface area contributed by atoms with Crippen LogP contribution in [0.25, 0.3) is 0 Å². The van der Waals surface area contributed by atoms with Gasteiger partial charge in [0, 0.05) is 5.92 Å². The predicted molar refractivity (Wildman–Crippen MR) is 172 cm³/mol. The quantitative estimate of drug-likeness (QED) is 0.331. The average Bonchev–Trinajstić information content (AvgIpc) is 2.95. The summed E-state index contributed by atoms with van der Waals surface area (Å²) >= 11 is 0. The van der Waals surface area contributed by atoms with Gasteiger partial charge < -0.3 is 9.84 Å². The highest BCUT2D eigenvalue weighted by Crippen LogP contribution is 2.75. The maximum atomic E-state index is 14.6. The van der Waals surface area contributed by atoms with Crippen molar-refractivity contribution in [1.29, 1.82) is 0 Å². The molecule has 0 aromatic carbocycles. The largest absolute Gasteiger partial charge is 0.481 e. The second-order valence-corrected chi connectivity index (χ2v) is 17.9. The van der Waals surface area contributed by atoms with E-state index in [1.165, 1.54) is 24.8 Å². The maximum absolute atomic E-state index is 14.6. The molecule has 1 aliphatic heterocycles. The highest BCUT2D eigenvalue weighted by Gasteiger charge is 2.72. The molecule has 246 valence electrons. The molecule has 1 heterocycles. The Balaban J connectivity index is 1.31. The summed E-state index contributed by atoms with van der Waals surface area (Å²) in [5, 5.41) is 10.9. The van der Waals surface area contributed by atoms with Crippen LogP contribution in [0.4, 0.5) is 0 Å². The van der Waals surface area contributed by atoms with Gasteiger partial charge in [-0.25, -0.2) is 0 Å². The van der Waals surface area contributed by atoms with Gasteiger partial charge in [0.25, 0.3) is 0 Å². The van der Waals surface area contributed by atoms with Crippen LogP contribution in [-0.2, 0) is 19.1 Å². The maximum Gasteiger partial charge on any atom is 0.320 e. The van der Waals surface area contributed by atoms with E-state index in [4.69, 9.17) is 4.74 Å². The second-order valence-electron chi connectivity index (χ2n) is 17.9. The monoisotopic (exact) mass is 609 g/mol. The first-order valence-corrected chi connectivity index (χ1v) is 17.9. The first kappa shape index (κ1) is 32.3. The van der Waals surface area contributed by atoms with Gasteiger partial charge in [0.15, 0.2) is 5.78 Å². The molecule has 0 spiro atoms. The van der Waals surface area contributed by atoms with Crippen LogP contribution in [-0.4, -0.2) is 53.5 Å². The van der Waals surface area contributed by atoms with E-state index in [2.05, 4.69) is 59.4 Å². The summed E-state index contributed by atoms with van der Waals surface area (Å²) in [5.41, 5.74) is -0.353. The second kappa shape index (κ2) is 10.7. The number of nitrogens with zero attached hydrogens (tertiary/aromatic N) is 1. The molecule has 0 aromatic rings. The van der Waals surface area contributed by atoms with Gasteiger partial charge in [-0.3, -0.25) is 19.3 Å². The van der Waals surface area contributed by atoms with E-state index in [9.17, 15) is 19.5 Å². The van der Waals surface area contributed by atoms with E-state index in [-0.39, 0.29) is 46.4 Å². The number of allylic oxidation sites excluding steroid dienone is 2. The summed E-state index contributed by atoms with van der Waals surface area (Å²) in [6.45, 7) is 20.4. The number of esters is 1. The Bertz CT molecular complexity index is 1240. The lowest BCUT2D eigenvalue weighted by atomic mass is 9.33. The molecule has 0 aromatic heterocycles. The molecule has 4 saturated carbocycles. The molecule has 5 aliphatic carbocycles. The molecule has 1 saturated heterocycles. The molecule has 0 bridgehead atoms. The lowest BCUT2D eigenvalue weighted by molar-refractivity contribution is -0.221. The van der Waals surface area contributed by atoms with Gasteiger partial charge in [0.05, 0.1) is 6.54 Å². The Morgan fingerprint density at radius 1 is 0.909 bits per heavy atom. The van der Waals surface area contributed by atoms with Crippen molar-refractivity contribution in [2.75, 3.05) is 19.6 Å². The fraction of sp³-hybridized carbons (Fsp3) is 0.868. The number of carboxylic acids is 1. The molecule has 6 nitrogen and oxygen atoms in total. The van der Waals surface area contributed by atoms with E-state index in [0.717, 1.165) is 45.2 Å². The highest BCUT2D eigenvalue weighted by molar-refractivity contribution is 5.96. The fourth-order valence-corrected chi connectivity index (χ4v) is 12.4. The zero-order chi connectivity index (χ0) is 32.0. The predicted octanol–water partition coefficient (Wildman–Crippen LogP) is 7.55. The molecular formula is C38H59NO5. The summed E-state index contributed by atoms with van der Waals surface area (Å²) in [4.78, 5) is 43.3. The number of ether oxygens (including phenoxy) is 1. The van der Waals surface area contributed by atoms with Crippen molar-refractivity contribution in [2.45, 2.75) is 126 Å². The molecule has 6 rings (SSSR count). The van der Waals surface area contributed by atoms with Gasteiger partial charge in [-0.05, 0) is 142 Å². The third-order valence-electron chi connectivity index (χ3n) is 15.7. The normalized spacial score (nSPS) is 49.5. The van der Waals surface area contributed by atoms with Gasteiger partial charge in [-0.15, -0.1) is 0 Å². The minimum atomic E-state index is -1.23. The number of carbonyl (C=O) groups excluding carboxylic acids is 2. The van der Waals surface area contributed by atoms with Crippen molar-refractivity contribution in [3.8, 4) is 0 Å². The van der Waals surface area contributed by atoms with Gasteiger partial charge in [0.1, 0.15) is 11.5 Å². The number of fused-ring (bicyclic) bond motifs is 7. The van der Waals surface area contributed by atoms with Crippen LogP contribution in [0.2, 0.25) is 0 Å². The van der Waals surface area contributed by atoms with Crippen LogP contribution in [0, 0.1) is 62.6 Å². The van der Waals surface area contributed by atoms with E-state index >= 15 is 0 Å². The molecule has 6 aliphatic rings. The lowest BCUT2D eigenvalue weighted by Gasteiger charge is -2.70. The number of aliphatic carboxylic acids is 1. The minimum Gasteiger partial charge on any atom is -0.481 e. The molecule has 6 heteroatoms. The van der Waals surface area contributed by atoms with Crippen molar-refractivity contribution in [3.05, 3.63) is 11.6 Å². The highest BCUT2D eigenvalue weighted by atomic mass is 16.5. The average molecular weight is 610 g/mol. The molecule has 44 heavy (non-hydrogen) atoms. The van der Waals surface area contributed by atoms with Crippen LogP contribution >= 0.6 is 0 Å². The van der Waals surface area contributed by atoms with Crippen LogP contribution in [0.3, 0.4) is 0 Å². The molecule has 0 amide bonds. The molecule has 11 atom stereocenters. The SMILES string of the molecule is CC1CCN(CC(=O)O[C@@H]2CC[C@@]3(C)[C@@H](CC[C@]4(C)[C@@H]3C(=O)C=C3[C@@H]5[C@@H](C)[C@H](C)CC[C@]5(C)CC[C@]34C)[C@@]2(C)C(=O)O)CC1. The lowest BCUT2D eigenvalue weighted by Crippen LogP contribution is -2.68. The van der Waals surface area contributed by atoms with Gasteiger partial charge in [0.2, 0.25) is 0 Å². The topological polar surface area (TPSA) is 83.9 Å². The van der Waals surface area contributed by atoms with Crippen LogP contribution < -0.4 is 0 Å². The van der Waals surface area contributed by atoms with Crippen LogP contribution in [0.5, 0.6) is 0 Å². The summed E-state index contributed by atoms with van der Waals surface area (Å²) in [5.74, 6) is 0.859. The van der Waals surface area contributed by atoms with Gasteiger partial charge >= 0.3 is 11.9 Å². The van der Waals surface area contributed by atoms with Gasteiger partial charge in [-0.1, -0.05) is 54.0 Å². The summed E-state index contributed by atoms with van der Waals surface area (Å²) in [6.07, 6.45) is 11.1. The first-order valence-electron chi connectivity index (χ1n) is 17.9. The zero-order valence-corrected chi connectivity index (χ0v) is 28.8. The van der Waals surface area contributed by atoms with E-state index in [0.29, 0.717) is 36.5 Å². The van der Waals surface area contributed by atoms with Gasteiger partial charge in [-0.2, -0.15) is 0 Å². The molecule has 0 radical (unpaired) electrons. The Hall–Kier alpha value is -1.69. The molecule has 5 fully saturated rings. The first-order chi connectivity index (χ1) is 20.5. The number of carboxylic acid groups (broad SMARTS) is 1. The van der Waals surface area contributed by atoms with Crippen molar-refractivity contribution >= 4 is 17.7 Å². The number of piperidine rings is 1. The molecule has 1 N–H and O–H groups in total. The molecular weight excluding hydrogens is 550 g/mol. The number of hydrogen-bond donors (Lipinski definition) is 1. The summed E-state index contributed by atoms with van der Waals surface area (Å²) in [6, 6.07) is 0. The minimum absolute atomic E-state index is 0.0794. The van der Waals surface area contributed by atoms with Crippen LogP contribution in [0.1, 0.15) is 120 Å². The van der Waals surface area contributed by atoms with E-state index in [1.54, 1.807) is 0 Å². The summed E-state index contributed by atoms with van der Waals surface area (Å²) < 4.78 is 6.12. The number of hydrogen-bond acceptors (Lipinski definition) is 5. The Morgan fingerprint density at radius 2 is 1.59 bits per heavy atom. The molecule has 0 unspecified atom stereocenters. The van der Waals surface area contributed by atoms with Crippen molar-refractivity contribution in [2.24, 2.45) is 62.6 Å². The summed E-state index contributed by atoms with van der Waals surface area (Å²) in [7, 11) is 0. The Morgan fingerprint density at radius 3 is 2.25 bits per heavy atom. The number of ketones is 1. The third kappa shape index (κ3) is 4.45. The zero-order valence-electron chi connectivity index (χ0n) is 28.8. The number of carbonyl (C=O) groups is 3. The number of rotatable bonds is 4. The Labute approximate surface area is 266 Å². The standard InChI is InChI=1S/C38H59NO5/c1-23-12-19-39(20-13-23)22-30(41)44-29-11-15-35(5)28(38(29,8)33(42)43)10-16-37(7)32(35)27(40)21-26-31-25(3)24(2)9-14-34(31,4)17-18-36(26,37)6/h21,23-25,28-29,31-32H,9-20,22H2,1-8H3,(H,42,43)/t24-,25+,28-,29-,31+,32-,34-,35+,36-,37-,38-/m1/s1. The smallest absolute Gasteiger partial charge is 0.320 e. The van der Waals surface area contributed by atoms with Crippen LogP contribution in [0.15, 0.2) is 11.6 Å². The third-order valence-corrected chi connectivity index (χ3v) is 15.7. The van der Waals surface area contributed by atoms with Crippen molar-refractivity contribution in [3.63, 3.8) is 0 Å².